The van der Waals surface area contributed by atoms with Crippen molar-refractivity contribution in [3.63, 3.8) is 0 Å². The van der Waals surface area contributed by atoms with Gasteiger partial charge in [0.15, 0.2) is 0 Å². The zero-order valence-corrected chi connectivity index (χ0v) is 11.9. The molecule has 0 bridgehead atoms. The molecule has 4 nitrogen and oxygen atoms in total. The highest BCUT2D eigenvalue weighted by Gasteiger charge is 2.14. The standard InChI is InChI=1S/C12H10BrNO3S/c1-7-5-8(17-10(7)12(15)16)6-18-11-9(13)3-2-4-14-11/h2-5H,6H2,1H3,(H,15,16). The van der Waals surface area contributed by atoms with E-state index in [0.717, 1.165) is 9.50 Å². The maximum absolute atomic E-state index is 10.8. The summed E-state index contributed by atoms with van der Waals surface area (Å²) in [5.74, 6) is 0.143. The van der Waals surface area contributed by atoms with Crippen molar-refractivity contribution in [3.05, 3.63) is 46.0 Å². The molecule has 0 saturated heterocycles. The number of aryl methyl sites for hydroxylation is 1. The van der Waals surface area contributed by atoms with Gasteiger partial charge in [0.1, 0.15) is 10.8 Å². The third-order valence-corrected chi connectivity index (χ3v) is 4.17. The van der Waals surface area contributed by atoms with Crippen molar-refractivity contribution in [1.29, 1.82) is 0 Å². The smallest absolute Gasteiger partial charge is 0.372 e. The lowest BCUT2D eigenvalue weighted by molar-refractivity contribution is 0.0659. The predicted octanol–water partition coefficient (Wildman–Crippen LogP) is 3.74. The number of halogens is 1. The highest BCUT2D eigenvalue weighted by Crippen LogP contribution is 2.28. The summed E-state index contributed by atoms with van der Waals surface area (Å²) in [6, 6.07) is 5.49. The second-order valence-corrected chi connectivity index (χ2v) is 5.43. The van der Waals surface area contributed by atoms with Crippen molar-refractivity contribution >= 4 is 33.7 Å². The van der Waals surface area contributed by atoms with Crippen molar-refractivity contribution in [1.82, 2.24) is 4.98 Å². The van der Waals surface area contributed by atoms with Crippen LogP contribution in [0.2, 0.25) is 0 Å². The van der Waals surface area contributed by atoms with E-state index in [-0.39, 0.29) is 5.76 Å². The number of aromatic carboxylic acids is 1. The summed E-state index contributed by atoms with van der Waals surface area (Å²) in [7, 11) is 0. The largest absolute Gasteiger partial charge is 0.475 e. The second-order valence-electron chi connectivity index (χ2n) is 3.61. The summed E-state index contributed by atoms with van der Waals surface area (Å²) in [4.78, 5) is 15.1. The Bertz CT molecular complexity index is 582. The van der Waals surface area contributed by atoms with Crippen LogP contribution < -0.4 is 0 Å². The molecule has 2 heterocycles. The van der Waals surface area contributed by atoms with Crippen LogP contribution in [-0.2, 0) is 5.75 Å². The first-order valence-electron chi connectivity index (χ1n) is 5.14. The Hall–Kier alpha value is -1.27. The summed E-state index contributed by atoms with van der Waals surface area (Å²) in [5.41, 5.74) is 0.637. The lowest BCUT2D eigenvalue weighted by atomic mass is 10.3. The lowest BCUT2D eigenvalue weighted by Gasteiger charge is -2.00. The molecule has 0 aliphatic carbocycles. The van der Waals surface area contributed by atoms with Gasteiger partial charge in [0.05, 0.1) is 5.75 Å². The number of hydrogen-bond acceptors (Lipinski definition) is 4. The zero-order valence-electron chi connectivity index (χ0n) is 9.51. The zero-order chi connectivity index (χ0) is 13.1. The first kappa shape index (κ1) is 13.2. The molecule has 2 aromatic heterocycles. The van der Waals surface area contributed by atoms with Gasteiger partial charge in [-0.2, -0.15) is 0 Å². The van der Waals surface area contributed by atoms with Crippen molar-refractivity contribution < 1.29 is 14.3 Å². The van der Waals surface area contributed by atoms with Gasteiger partial charge in [-0.25, -0.2) is 9.78 Å². The molecule has 0 amide bonds. The molecule has 0 radical (unpaired) electrons. The van der Waals surface area contributed by atoms with Crippen LogP contribution in [0.25, 0.3) is 0 Å². The minimum Gasteiger partial charge on any atom is -0.475 e. The highest BCUT2D eigenvalue weighted by molar-refractivity contribution is 9.10. The molecule has 94 valence electrons. The molecular weight excluding hydrogens is 318 g/mol. The van der Waals surface area contributed by atoms with Gasteiger partial charge in [0.25, 0.3) is 0 Å². The minimum atomic E-state index is -1.04. The van der Waals surface area contributed by atoms with Crippen LogP contribution >= 0.6 is 27.7 Å². The normalized spacial score (nSPS) is 10.6. The fraction of sp³-hybridized carbons (Fsp3) is 0.167. The van der Waals surface area contributed by atoms with E-state index in [1.807, 2.05) is 12.1 Å². The summed E-state index contributed by atoms with van der Waals surface area (Å²) in [6.45, 7) is 1.72. The monoisotopic (exact) mass is 327 g/mol. The fourth-order valence-corrected chi connectivity index (χ4v) is 2.81. The van der Waals surface area contributed by atoms with Gasteiger partial charge in [0, 0.05) is 16.2 Å². The molecule has 18 heavy (non-hydrogen) atoms. The number of carboxylic acids is 1. The summed E-state index contributed by atoms with van der Waals surface area (Å²) in [5, 5.41) is 9.74. The first-order valence-corrected chi connectivity index (χ1v) is 6.91. The third kappa shape index (κ3) is 2.94. The molecular formula is C12H10BrNO3S. The Morgan fingerprint density at radius 1 is 1.61 bits per heavy atom. The van der Waals surface area contributed by atoms with E-state index >= 15 is 0 Å². The van der Waals surface area contributed by atoms with Gasteiger partial charge in [-0.05, 0) is 41.1 Å². The van der Waals surface area contributed by atoms with Crippen LogP contribution in [0, 0.1) is 6.92 Å². The van der Waals surface area contributed by atoms with Crippen LogP contribution in [-0.4, -0.2) is 16.1 Å². The van der Waals surface area contributed by atoms with Crippen LogP contribution in [0.15, 0.2) is 38.3 Å². The van der Waals surface area contributed by atoms with E-state index in [9.17, 15) is 4.79 Å². The topological polar surface area (TPSA) is 63.3 Å². The molecule has 0 aliphatic heterocycles. The van der Waals surface area contributed by atoms with Crippen LogP contribution in [0.1, 0.15) is 21.9 Å². The van der Waals surface area contributed by atoms with Crippen LogP contribution in [0.5, 0.6) is 0 Å². The first-order chi connectivity index (χ1) is 8.58. The number of pyridine rings is 1. The Morgan fingerprint density at radius 2 is 2.39 bits per heavy atom. The van der Waals surface area contributed by atoms with Crippen molar-refractivity contribution in [2.45, 2.75) is 17.7 Å². The third-order valence-electron chi connectivity index (χ3n) is 2.24. The number of thioether (sulfide) groups is 1. The average Bonchev–Trinajstić information content (AvgIpc) is 2.70. The van der Waals surface area contributed by atoms with E-state index in [0.29, 0.717) is 17.1 Å². The summed E-state index contributed by atoms with van der Waals surface area (Å²) >= 11 is 4.89. The maximum atomic E-state index is 10.8. The predicted molar refractivity (Wildman–Crippen MR) is 71.9 cm³/mol. The molecule has 1 N–H and O–H groups in total. The lowest BCUT2D eigenvalue weighted by Crippen LogP contribution is -1.94. The number of furan rings is 1. The number of carboxylic acid groups (broad SMARTS) is 1. The Kier molecular flexibility index (Phi) is 4.08. The quantitative estimate of drug-likeness (QED) is 0.866. The van der Waals surface area contributed by atoms with Gasteiger partial charge in [-0.1, -0.05) is 11.8 Å². The Labute approximate surface area is 117 Å². The van der Waals surface area contributed by atoms with E-state index in [2.05, 4.69) is 20.9 Å². The molecule has 6 heteroatoms. The van der Waals surface area contributed by atoms with Crippen LogP contribution in [0.3, 0.4) is 0 Å². The summed E-state index contributed by atoms with van der Waals surface area (Å²) in [6.07, 6.45) is 1.71. The van der Waals surface area contributed by atoms with Crippen molar-refractivity contribution in [2.75, 3.05) is 0 Å². The average molecular weight is 328 g/mol. The molecule has 2 rings (SSSR count). The van der Waals surface area contributed by atoms with E-state index < -0.39 is 5.97 Å². The highest BCUT2D eigenvalue weighted by atomic mass is 79.9. The van der Waals surface area contributed by atoms with Crippen LogP contribution in [0.4, 0.5) is 0 Å². The molecule has 0 saturated carbocycles. The molecule has 0 unspecified atom stereocenters. The van der Waals surface area contributed by atoms with E-state index in [1.54, 1.807) is 19.2 Å². The number of carbonyl (C=O) groups is 1. The number of nitrogens with zero attached hydrogens (tertiary/aromatic N) is 1. The molecule has 0 aliphatic rings. The summed E-state index contributed by atoms with van der Waals surface area (Å²) < 4.78 is 6.19. The molecule has 0 fully saturated rings. The fourth-order valence-electron chi connectivity index (χ4n) is 1.45. The SMILES string of the molecule is Cc1cc(CSc2ncccc2Br)oc1C(=O)O. The number of hydrogen-bond donors (Lipinski definition) is 1. The number of rotatable bonds is 4. The van der Waals surface area contributed by atoms with Gasteiger partial charge >= 0.3 is 5.97 Å². The van der Waals surface area contributed by atoms with Gasteiger partial charge in [-0.15, -0.1) is 0 Å². The molecule has 2 aromatic rings. The molecule has 0 aromatic carbocycles. The van der Waals surface area contributed by atoms with Gasteiger partial charge in [0.2, 0.25) is 5.76 Å². The van der Waals surface area contributed by atoms with E-state index in [4.69, 9.17) is 9.52 Å². The van der Waals surface area contributed by atoms with Crippen molar-refractivity contribution in [2.24, 2.45) is 0 Å². The van der Waals surface area contributed by atoms with Crippen molar-refractivity contribution in [3.8, 4) is 0 Å². The second kappa shape index (κ2) is 5.58. The number of aromatic nitrogens is 1. The van der Waals surface area contributed by atoms with Gasteiger partial charge in [-0.3, -0.25) is 0 Å². The Balaban J connectivity index is 2.09. The van der Waals surface area contributed by atoms with E-state index in [1.165, 1.54) is 11.8 Å². The molecule has 0 atom stereocenters. The molecule has 0 spiro atoms. The van der Waals surface area contributed by atoms with Gasteiger partial charge < -0.3 is 9.52 Å². The Morgan fingerprint density at radius 3 is 3.00 bits per heavy atom. The maximum Gasteiger partial charge on any atom is 0.372 e. The minimum absolute atomic E-state index is 0.00527.